The summed E-state index contributed by atoms with van der Waals surface area (Å²) in [4.78, 5) is 10.9. The molecule has 0 aliphatic carbocycles. The zero-order valence-corrected chi connectivity index (χ0v) is 11.1. The average Bonchev–Trinajstić information content (AvgIpc) is 2.58. The Morgan fingerprint density at radius 2 is 1.94 bits per heavy atom. The zero-order valence-electron chi connectivity index (χ0n) is 11.1. The number of allylic oxidation sites excluding steroid dienone is 1. The van der Waals surface area contributed by atoms with Crippen LogP contribution in [0.3, 0.4) is 0 Å². The van der Waals surface area contributed by atoms with E-state index in [9.17, 15) is 4.79 Å². The number of carbonyl (C=O) groups excluding carboxylic acids is 1. The van der Waals surface area contributed by atoms with Gasteiger partial charge in [-0.3, -0.25) is 0 Å². The Morgan fingerprint density at radius 1 is 1.18 bits per heavy atom. The van der Waals surface area contributed by atoms with Gasteiger partial charge in [-0.15, -0.1) is 0 Å². The highest BCUT2D eigenvalue weighted by atomic mass is 16.8. The van der Waals surface area contributed by atoms with E-state index < -0.39 is 11.9 Å². The number of hydrogen-bond acceptors (Lipinski definition) is 3. The van der Waals surface area contributed by atoms with E-state index in [4.69, 9.17) is 9.47 Å². The van der Waals surface area contributed by atoms with Crippen molar-refractivity contribution in [2.75, 3.05) is 0 Å². The van der Waals surface area contributed by atoms with Gasteiger partial charge < -0.3 is 14.3 Å². The molecule has 2 atom stereocenters. The van der Waals surface area contributed by atoms with Gasteiger partial charge in [0.2, 0.25) is 0 Å². The minimum absolute atomic E-state index is 0.134. The molecule has 1 rings (SSSR count). The van der Waals surface area contributed by atoms with Crippen LogP contribution >= 0.6 is 0 Å². The van der Waals surface area contributed by atoms with E-state index in [1.54, 1.807) is 0 Å². The lowest BCUT2D eigenvalue weighted by atomic mass is 10.1. The smallest absolute Gasteiger partial charge is 0.164 e. The van der Waals surface area contributed by atoms with Crippen LogP contribution < -0.4 is 0 Å². The Kier molecular flexibility index (Phi) is 5.86. The quantitative estimate of drug-likeness (QED) is 0.389. The van der Waals surface area contributed by atoms with Crippen molar-refractivity contribution < 1.29 is 14.3 Å². The minimum Gasteiger partial charge on any atom is -0.344 e. The summed E-state index contributed by atoms with van der Waals surface area (Å²) < 4.78 is 11.2. The summed E-state index contributed by atoms with van der Waals surface area (Å²) in [7, 11) is 0. The maximum Gasteiger partial charge on any atom is 0.164 e. The second-order valence-electron chi connectivity index (χ2n) is 4.98. The molecule has 0 saturated carbocycles. The average molecular weight is 240 g/mol. The predicted molar refractivity (Wildman–Crippen MR) is 67.8 cm³/mol. The molecule has 1 fully saturated rings. The third-order valence-electron chi connectivity index (χ3n) is 2.87. The van der Waals surface area contributed by atoms with Gasteiger partial charge in [-0.05, 0) is 33.1 Å². The fourth-order valence-electron chi connectivity index (χ4n) is 2.02. The lowest BCUT2D eigenvalue weighted by Crippen LogP contribution is -2.23. The molecular weight excluding hydrogens is 216 g/mol. The molecule has 1 aliphatic rings. The highest BCUT2D eigenvalue weighted by Crippen LogP contribution is 2.29. The summed E-state index contributed by atoms with van der Waals surface area (Å²) in [6.45, 7) is 5.88. The van der Waals surface area contributed by atoms with Crippen molar-refractivity contribution in [3.05, 3.63) is 12.2 Å². The van der Waals surface area contributed by atoms with Gasteiger partial charge in [0, 0.05) is 0 Å². The molecule has 0 N–H and O–H groups in total. The van der Waals surface area contributed by atoms with Crippen LogP contribution in [-0.2, 0) is 14.3 Å². The summed E-state index contributed by atoms with van der Waals surface area (Å²) in [6, 6.07) is 0. The van der Waals surface area contributed by atoms with E-state index in [1.807, 2.05) is 13.8 Å². The van der Waals surface area contributed by atoms with Gasteiger partial charge in [0.05, 0.1) is 6.10 Å². The number of hydrogen-bond donors (Lipinski definition) is 0. The van der Waals surface area contributed by atoms with E-state index in [0.717, 1.165) is 19.1 Å². The summed E-state index contributed by atoms with van der Waals surface area (Å²) in [5, 5.41) is 0. The number of ether oxygens (including phenoxy) is 2. The molecule has 0 aromatic heterocycles. The van der Waals surface area contributed by atoms with Crippen LogP contribution in [0.2, 0.25) is 0 Å². The van der Waals surface area contributed by atoms with Gasteiger partial charge in [0.1, 0.15) is 6.10 Å². The van der Waals surface area contributed by atoms with E-state index in [1.165, 1.54) is 19.3 Å². The normalized spacial score (nSPS) is 27.7. The summed E-state index contributed by atoms with van der Waals surface area (Å²) in [5.74, 6) is -0.633. The second-order valence-corrected chi connectivity index (χ2v) is 4.98. The number of carbonyl (C=O) groups is 1. The molecule has 0 spiro atoms. The molecule has 0 unspecified atom stereocenters. The Balaban J connectivity index is 2.28. The monoisotopic (exact) mass is 240 g/mol. The van der Waals surface area contributed by atoms with Crippen LogP contribution in [0.5, 0.6) is 0 Å². The lowest BCUT2D eigenvalue weighted by Gasteiger charge is -2.16. The second kappa shape index (κ2) is 6.92. The molecule has 98 valence electrons. The molecule has 0 aromatic rings. The van der Waals surface area contributed by atoms with Crippen molar-refractivity contribution in [3.63, 3.8) is 0 Å². The Morgan fingerprint density at radius 3 is 2.59 bits per heavy atom. The Hall–Kier alpha value is -0.670. The summed E-state index contributed by atoms with van der Waals surface area (Å²) in [6.07, 6.45) is 10.2. The van der Waals surface area contributed by atoms with Crippen LogP contribution in [0.1, 0.15) is 52.9 Å². The molecule has 0 bridgehead atoms. The highest BCUT2D eigenvalue weighted by Gasteiger charge is 2.40. The Labute approximate surface area is 104 Å². The standard InChI is InChI=1S/C14H24O3/c1-4-5-6-7-8-9-10-12-13(11-15)17-14(2,3)16-12/h8-9,11-13H,4-7,10H2,1-3H3/b9-8-/t12-,13+/m0/s1. The summed E-state index contributed by atoms with van der Waals surface area (Å²) in [5.41, 5.74) is 0. The molecule has 0 aromatic carbocycles. The fraction of sp³-hybridized carbons (Fsp3) is 0.786. The lowest BCUT2D eigenvalue weighted by molar-refractivity contribution is -0.149. The first-order valence-corrected chi connectivity index (χ1v) is 6.55. The molecule has 3 heteroatoms. The minimum atomic E-state index is -0.633. The molecule has 1 aliphatic heterocycles. The van der Waals surface area contributed by atoms with Gasteiger partial charge in [-0.2, -0.15) is 0 Å². The van der Waals surface area contributed by atoms with Crippen LogP contribution in [-0.4, -0.2) is 24.3 Å². The van der Waals surface area contributed by atoms with Crippen LogP contribution in [0.25, 0.3) is 0 Å². The number of aldehydes is 1. The molecule has 17 heavy (non-hydrogen) atoms. The van der Waals surface area contributed by atoms with Gasteiger partial charge in [-0.25, -0.2) is 0 Å². The predicted octanol–water partition coefficient (Wildman–Crippen LogP) is 3.23. The first-order valence-electron chi connectivity index (χ1n) is 6.55. The largest absolute Gasteiger partial charge is 0.344 e. The number of rotatable bonds is 7. The molecule has 1 heterocycles. The highest BCUT2D eigenvalue weighted by molar-refractivity contribution is 5.57. The fourth-order valence-corrected chi connectivity index (χ4v) is 2.02. The third kappa shape index (κ3) is 5.00. The van der Waals surface area contributed by atoms with Crippen molar-refractivity contribution >= 4 is 6.29 Å². The van der Waals surface area contributed by atoms with Crippen molar-refractivity contribution in [1.29, 1.82) is 0 Å². The van der Waals surface area contributed by atoms with E-state index in [2.05, 4.69) is 19.1 Å². The third-order valence-corrected chi connectivity index (χ3v) is 2.87. The van der Waals surface area contributed by atoms with Gasteiger partial charge in [0.25, 0.3) is 0 Å². The SMILES string of the molecule is CCCCC/C=C\C[C@@H]1OC(C)(C)O[C@@H]1C=O. The zero-order chi connectivity index (χ0) is 12.7. The molecule has 3 nitrogen and oxygen atoms in total. The van der Waals surface area contributed by atoms with E-state index in [0.29, 0.717) is 0 Å². The summed E-state index contributed by atoms with van der Waals surface area (Å²) >= 11 is 0. The maximum atomic E-state index is 10.9. The van der Waals surface area contributed by atoms with Gasteiger partial charge in [-0.1, -0.05) is 31.9 Å². The van der Waals surface area contributed by atoms with Crippen LogP contribution in [0, 0.1) is 0 Å². The number of unbranched alkanes of at least 4 members (excludes halogenated alkanes) is 3. The first kappa shape index (κ1) is 14.4. The molecule has 0 radical (unpaired) electrons. The van der Waals surface area contributed by atoms with E-state index in [-0.39, 0.29) is 6.10 Å². The van der Waals surface area contributed by atoms with Crippen LogP contribution in [0.15, 0.2) is 12.2 Å². The van der Waals surface area contributed by atoms with Crippen molar-refractivity contribution in [3.8, 4) is 0 Å². The molecule has 1 saturated heterocycles. The van der Waals surface area contributed by atoms with Crippen molar-refractivity contribution in [2.24, 2.45) is 0 Å². The topological polar surface area (TPSA) is 35.5 Å². The first-order chi connectivity index (χ1) is 8.09. The van der Waals surface area contributed by atoms with Gasteiger partial charge in [0.15, 0.2) is 12.1 Å². The molecule has 0 amide bonds. The van der Waals surface area contributed by atoms with Gasteiger partial charge >= 0.3 is 0 Å². The van der Waals surface area contributed by atoms with Crippen molar-refractivity contribution in [2.45, 2.75) is 70.9 Å². The Bertz CT molecular complexity index is 258. The van der Waals surface area contributed by atoms with E-state index >= 15 is 0 Å². The van der Waals surface area contributed by atoms with Crippen LogP contribution in [0.4, 0.5) is 0 Å². The maximum absolute atomic E-state index is 10.9. The van der Waals surface area contributed by atoms with Crippen molar-refractivity contribution in [1.82, 2.24) is 0 Å². The molecular formula is C14H24O3.